The third-order valence-electron chi connectivity index (χ3n) is 3.23. The van der Waals surface area contributed by atoms with Gasteiger partial charge in [0.1, 0.15) is 12.0 Å². The van der Waals surface area contributed by atoms with Crippen molar-refractivity contribution in [2.75, 3.05) is 18.0 Å². The molecule has 0 aromatic carbocycles. The number of nitro groups is 1. The van der Waals surface area contributed by atoms with Crippen molar-refractivity contribution in [3.63, 3.8) is 0 Å². The lowest BCUT2D eigenvalue weighted by atomic mass is 9.89. The molecule has 1 aliphatic rings. The van der Waals surface area contributed by atoms with E-state index in [2.05, 4.69) is 4.98 Å². The number of aryl methyl sites for hydroxylation is 1. The van der Waals surface area contributed by atoms with E-state index in [-0.39, 0.29) is 5.69 Å². The predicted molar refractivity (Wildman–Crippen MR) is 67.7 cm³/mol. The highest BCUT2D eigenvalue weighted by atomic mass is 16.6. The normalized spacial score (nSPS) is 17.4. The number of nitrogens with zero attached hydrogens (tertiary/aromatic N) is 3. The van der Waals surface area contributed by atoms with Gasteiger partial charge in [0, 0.05) is 19.2 Å². The monoisotopic (exact) mass is 251 g/mol. The first-order chi connectivity index (χ1) is 8.45. The first-order valence-corrected chi connectivity index (χ1v) is 6.03. The van der Waals surface area contributed by atoms with E-state index in [1.807, 2.05) is 11.8 Å². The summed E-state index contributed by atoms with van der Waals surface area (Å²) in [7, 11) is 0. The average Bonchev–Trinajstić information content (AvgIpc) is 2.26. The number of hydrogen-bond acceptors (Lipinski definition) is 5. The lowest BCUT2D eigenvalue weighted by Gasteiger charge is -2.47. The summed E-state index contributed by atoms with van der Waals surface area (Å²) in [6, 6.07) is 1.51. The minimum atomic E-state index is -0.620. The van der Waals surface area contributed by atoms with E-state index in [0.29, 0.717) is 13.1 Å². The fraction of sp³-hybridized carbons (Fsp3) is 0.583. The summed E-state index contributed by atoms with van der Waals surface area (Å²) < 4.78 is 0. The number of anilines is 1. The van der Waals surface area contributed by atoms with Crippen molar-refractivity contribution >= 4 is 11.5 Å². The van der Waals surface area contributed by atoms with Crippen molar-refractivity contribution in [3.05, 3.63) is 27.9 Å². The summed E-state index contributed by atoms with van der Waals surface area (Å²) in [5.41, 5.74) is 0.147. The van der Waals surface area contributed by atoms with E-state index in [1.54, 1.807) is 6.92 Å². The fourth-order valence-corrected chi connectivity index (χ4v) is 2.42. The Kier molecular flexibility index (Phi) is 3.21. The molecule has 0 spiro atoms. The van der Waals surface area contributed by atoms with Gasteiger partial charge in [0.05, 0.1) is 10.5 Å². The average molecular weight is 251 g/mol. The second-order valence-electron chi connectivity index (χ2n) is 4.92. The minimum Gasteiger partial charge on any atom is -0.386 e. The van der Waals surface area contributed by atoms with Gasteiger partial charge in [0.2, 0.25) is 0 Å². The Labute approximate surface area is 105 Å². The third kappa shape index (κ3) is 2.28. The number of rotatable bonds is 4. The highest BCUT2D eigenvalue weighted by molar-refractivity contribution is 5.53. The maximum atomic E-state index is 10.6. The Morgan fingerprint density at radius 1 is 1.61 bits per heavy atom. The Bertz CT molecular complexity index is 470. The van der Waals surface area contributed by atoms with Crippen molar-refractivity contribution in [2.24, 2.45) is 0 Å². The van der Waals surface area contributed by atoms with Crippen LogP contribution in [0.5, 0.6) is 0 Å². The first-order valence-electron chi connectivity index (χ1n) is 6.03. The number of β-amino-alcohol motifs (C(OH)–C–C–N with tert-alkyl or cyclic N) is 1. The van der Waals surface area contributed by atoms with Crippen LogP contribution in [0, 0.1) is 17.0 Å². The molecule has 2 heterocycles. The Hall–Kier alpha value is -1.69. The molecule has 0 atom stereocenters. The van der Waals surface area contributed by atoms with Gasteiger partial charge in [-0.15, -0.1) is 0 Å². The number of aliphatic hydroxyl groups is 1. The van der Waals surface area contributed by atoms with Gasteiger partial charge in [-0.25, -0.2) is 4.98 Å². The van der Waals surface area contributed by atoms with E-state index in [4.69, 9.17) is 0 Å². The maximum Gasteiger partial charge on any atom is 0.287 e. The summed E-state index contributed by atoms with van der Waals surface area (Å²) in [5.74, 6) is 0.723. The number of pyridine rings is 1. The topological polar surface area (TPSA) is 79.5 Å². The molecule has 18 heavy (non-hydrogen) atoms. The van der Waals surface area contributed by atoms with Crippen LogP contribution >= 0.6 is 0 Å². The molecule has 98 valence electrons. The fourth-order valence-electron chi connectivity index (χ4n) is 2.42. The molecule has 1 N–H and O–H groups in total. The van der Waals surface area contributed by atoms with Crippen molar-refractivity contribution < 1.29 is 10.0 Å². The van der Waals surface area contributed by atoms with Crippen molar-refractivity contribution in [2.45, 2.75) is 32.3 Å². The SMILES string of the molecule is CCCC1(O)CN(c2ncc([N+](=O)[O-])cc2C)C1. The van der Waals surface area contributed by atoms with E-state index < -0.39 is 10.5 Å². The number of hydrogen-bond donors (Lipinski definition) is 1. The molecule has 1 saturated heterocycles. The molecule has 0 unspecified atom stereocenters. The number of aromatic nitrogens is 1. The van der Waals surface area contributed by atoms with Crippen LogP contribution in [-0.4, -0.2) is 33.7 Å². The van der Waals surface area contributed by atoms with Crippen molar-refractivity contribution in [1.82, 2.24) is 4.98 Å². The van der Waals surface area contributed by atoms with Crippen molar-refractivity contribution in [3.8, 4) is 0 Å². The highest BCUT2D eigenvalue weighted by Crippen LogP contribution is 2.32. The molecular weight excluding hydrogens is 234 g/mol. The van der Waals surface area contributed by atoms with Gasteiger partial charge in [0.25, 0.3) is 5.69 Å². The molecule has 0 aliphatic carbocycles. The molecule has 1 fully saturated rings. The van der Waals surface area contributed by atoms with Gasteiger partial charge in [-0.1, -0.05) is 13.3 Å². The summed E-state index contributed by atoms with van der Waals surface area (Å²) in [6.07, 6.45) is 2.98. The zero-order valence-corrected chi connectivity index (χ0v) is 10.6. The van der Waals surface area contributed by atoms with Crippen LogP contribution in [0.15, 0.2) is 12.3 Å². The summed E-state index contributed by atoms with van der Waals surface area (Å²) >= 11 is 0. The second-order valence-corrected chi connectivity index (χ2v) is 4.92. The quantitative estimate of drug-likeness (QED) is 0.650. The lowest BCUT2D eigenvalue weighted by molar-refractivity contribution is -0.385. The van der Waals surface area contributed by atoms with Crippen LogP contribution in [0.2, 0.25) is 0 Å². The summed E-state index contributed by atoms with van der Waals surface area (Å²) in [6.45, 7) is 4.93. The van der Waals surface area contributed by atoms with Crippen LogP contribution in [-0.2, 0) is 0 Å². The Balaban J connectivity index is 2.10. The zero-order valence-electron chi connectivity index (χ0n) is 10.6. The minimum absolute atomic E-state index is 0.000549. The molecule has 1 aromatic rings. The third-order valence-corrected chi connectivity index (χ3v) is 3.23. The predicted octanol–water partition coefficient (Wildman–Crippen LogP) is 1.65. The molecule has 0 saturated carbocycles. The molecule has 0 radical (unpaired) electrons. The van der Waals surface area contributed by atoms with E-state index in [1.165, 1.54) is 12.3 Å². The van der Waals surface area contributed by atoms with Crippen LogP contribution in [0.4, 0.5) is 11.5 Å². The van der Waals surface area contributed by atoms with Crippen LogP contribution in [0.3, 0.4) is 0 Å². The van der Waals surface area contributed by atoms with Gasteiger partial charge in [-0.2, -0.15) is 0 Å². The van der Waals surface area contributed by atoms with Gasteiger partial charge in [-0.05, 0) is 18.9 Å². The van der Waals surface area contributed by atoms with E-state index in [9.17, 15) is 15.2 Å². The van der Waals surface area contributed by atoms with Crippen LogP contribution in [0.25, 0.3) is 0 Å². The maximum absolute atomic E-state index is 10.6. The molecule has 6 nitrogen and oxygen atoms in total. The summed E-state index contributed by atoms with van der Waals surface area (Å²) in [4.78, 5) is 16.2. The molecular formula is C12H17N3O3. The van der Waals surface area contributed by atoms with E-state index in [0.717, 1.165) is 24.2 Å². The largest absolute Gasteiger partial charge is 0.386 e. The van der Waals surface area contributed by atoms with Gasteiger partial charge < -0.3 is 10.0 Å². The first kappa shape index (κ1) is 12.8. The molecule has 6 heteroatoms. The standard InChI is InChI=1S/C12H17N3O3/c1-3-4-12(16)7-14(8-12)11-9(2)5-10(6-13-11)15(17)18/h5-6,16H,3-4,7-8H2,1-2H3. The molecule has 0 amide bonds. The molecule has 1 aliphatic heterocycles. The van der Waals surface area contributed by atoms with Gasteiger partial charge >= 0.3 is 0 Å². The second kappa shape index (κ2) is 4.53. The smallest absolute Gasteiger partial charge is 0.287 e. The zero-order chi connectivity index (χ0) is 13.3. The van der Waals surface area contributed by atoms with Gasteiger partial charge in [0.15, 0.2) is 0 Å². The van der Waals surface area contributed by atoms with Crippen LogP contribution in [0.1, 0.15) is 25.3 Å². The Morgan fingerprint density at radius 2 is 2.28 bits per heavy atom. The molecule has 1 aromatic heterocycles. The highest BCUT2D eigenvalue weighted by Gasteiger charge is 2.41. The lowest BCUT2D eigenvalue weighted by Crippen LogP contribution is -2.62. The molecule has 0 bridgehead atoms. The van der Waals surface area contributed by atoms with Crippen LogP contribution < -0.4 is 4.90 Å². The van der Waals surface area contributed by atoms with E-state index >= 15 is 0 Å². The van der Waals surface area contributed by atoms with Gasteiger partial charge in [-0.3, -0.25) is 10.1 Å². The van der Waals surface area contributed by atoms with Crippen molar-refractivity contribution in [1.29, 1.82) is 0 Å². The molecule has 2 rings (SSSR count). The summed E-state index contributed by atoms with van der Waals surface area (Å²) in [5, 5.41) is 20.7. The Morgan fingerprint density at radius 3 is 2.78 bits per heavy atom.